The third kappa shape index (κ3) is 4.76. The molecule has 6 heteroatoms. The molecule has 2 rings (SSSR count). The number of rotatable bonds is 6. The van der Waals surface area contributed by atoms with Gasteiger partial charge in [0.1, 0.15) is 0 Å². The first-order valence-corrected chi connectivity index (χ1v) is 8.46. The SMILES string of the molecule is CCOc1cc(/C=C/C(=O)Nc2ccccc2Br)cc(Cl)c1OC. The number of methoxy groups -OCH3 is 1. The smallest absolute Gasteiger partial charge is 0.248 e. The number of nitrogens with one attached hydrogen (secondary N) is 1. The van der Waals surface area contributed by atoms with Crippen LogP contribution in [0, 0.1) is 0 Å². The second-order valence-electron chi connectivity index (χ2n) is 4.77. The highest BCUT2D eigenvalue weighted by Crippen LogP contribution is 2.36. The Morgan fingerprint density at radius 2 is 2.08 bits per heavy atom. The van der Waals surface area contributed by atoms with Gasteiger partial charge in [-0.05, 0) is 58.8 Å². The Labute approximate surface area is 154 Å². The largest absolute Gasteiger partial charge is 0.491 e. The monoisotopic (exact) mass is 409 g/mol. The zero-order valence-corrected chi connectivity index (χ0v) is 15.6. The van der Waals surface area contributed by atoms with Crippen LogP contribution < -0.4 is 14.8 Å². The Bertz CT molecular complexity index is 762. The molecule has 0 unspecified atom stereocenters. The Morgan fingerprint density at radius 3 is 2.75 bits per heavy atom. The summed E-state index contributed by atoms with van der Waals surface area (Å²) in [5, 5.41) is 3.22. The van der Waals surface area contributed by atoms with Gasteiger partial charge in [0, 0.05) is 10.5 Å². The highest BCUT2D eigenvalue weighted by Gasteiger charge is 2.10. The van der Waals surface area contributed by atoms with Crippen molar-refractivity contribution in [3.63, 3.8) is 0 Å². The zero-order chi connectivity index (χ0) is 17.5. The summed E-state index contributed by atoms with van der Waals surface area (Å²) in [6.07, 6.45) is 3.10. The van der Waals surface area contributed by atoms with Crippen LogP contribution in [-0.2, 0) is 4.79 Å². The molecule has 0 spiro atoms. The van der Waals surface area contributed by atoms with Gasteiger partial charge in [0.15, 0.2) is 11.5 Å². The minimum Gasteiger partial charge on any atom is -0.491 e. The summed E-state index contributed by atoms with van der Waals surface area (Å²) >= 11 is 9.58. The van der Waals surface area contributed by atoms with Crippen LogP contribution in [0.1, 0.15) is 12.5 Å². The maximum Gasteiger partial charge on any atom is 0.248 e. The average Bonchev–Trinajstić information content (AvgIpc) is 2.55. The van der Waals surface area contributed by atoms with Crippen LogP contribution in [-0.4, -0.2) is 19.6 Å². The third-order valence-electron chi connectivity index (χ3n) is 3.09. The number of hydrogen-bond donors (Lipinski definition) is 1. The van der Waals surface area contributed by atoms with Gasteiger partial charge in [-0.1, -0.05) is 23.7 Å². The first kappa shape index (κ1) is 18.4. The molecular weight excluding hydrogens is 394 g/mol. The molecule has 126 valence electrons. The molecular formula is C18H17BrClNO3. The Morgan fingerprint density at radius 1 is 1.33 bits per heavy atom. The molecule has 2 aromatic carbocycles. The number of ether oxygens (including phenoxy) is 2. The van der Waals surface area contributed by atoms with Crippen LogP contribution in [0.3, 0.4) is 0 Å². The average molecular weight is 411 g/mol. The molecule has 0 bridgehead atoms. The molecule has 4 nitrogen and oxygen atoms in total. The molecule has 1 N–H and O–H groups in total. The van der Waals surface area contributed by atoms with E-state index in [0.29, 0.717) is 28.8 Å². The summed E-state index contributed by atoms with van der Waals surface area (Å²) in [7, 11) is 1.53. The molecule has 0 aliphatic carbocycles. The minimum atomic E-state index is -0.244. The predicted octanol–water partition coefficient (Wildman–Crippen LogP) is 5.16. The summed E-state index contributed by atoms with van der Waals surface area (Å²) in [5.74, 6) is 0.776. The van der Waals surface area contributed by atoms with Crippen molar-refractivity contribution < 1.29 is 14.3 Å². The number of para-hydroxylation sites is 1. The van der Waals surface area contributed by atoms with Crippen molar-refractivity contribution in [2.24, 2.45) is 0 Å². The molecule has 0 fully saturated rings. The van der Waals surface area contributed by atoms with Crippen molar-refractivity contribution in [2.45, 2.75) is 6.92 Å². The van der Waals surface area contributed by atoms with Crippen molar-refractivity contribution in [3.8, 4) is 11.5 Å². The molecule has 0 atom stereocenters. The lowest BCUT2D eigenvalue weighted by Gasteiger charge is -2.11. The Hall–Kier alpha value is -1.98. The van der Waals surface area contributed by atoms with Gasteiger partial charge in [-0.25, -0.2) is 0 Å². The fraction of sp³-hybridized carbons (Fsp3) is 0.167. The summed E-state index contributed by atoms with van der Waals surface area (Å²) < 4.78 is 11.6. The molecule has 0 aliphatic rings. The molecule has 1 amide bonds. The first-order chi connectivity index (χ1) is 11.5. The topological polar surface area (TPSA) is 47.6 Å². The summed E-state index contributed by atoms with van der Waals surface area (Å²) in [4.78, 5) is 12.0. The number of carbonyl (C=O) groups excluding carboxylic acids is 1. The van der Waals surface area contributed by atoms with E-state index in [1.54, 1.807) is 18.2 Å². The van der Waals surface area contributed by atoms with Crippen molar-refractivity contribution in [1.82, 2.24) is 0 Å². The zero-order valence-electron chi connectivity index (χ0n) is 13.3. The number of halogens is 2. The molecule has 24 heavy (non-hydrogen) atoms. The van der Waals surface area contributed by atoms with E-state index in [0.717, 1.165) is 10.0 Å². The van der Waals surface area contributed by atoms with E-state index in [1.165, 1.54) is 13.2 Å². The first-order valence-electron chi connectivity index (χ1n) is 7.29. The van der Waals surface area contributed by atoms with Crippen molar-refractivity contribution in [1.29, 1.82) is 0 Å². The van der Waals surface area contributed by atoms with E-state index in [-0.39, 0.29) is 5.91 Å². The fourth-order valence-corrected chi connectivity index (χ4v) is 2.73. The second kappa shape index (κ2) is 8.76. The number of carbonyl (C=O) groups is 1. The van der Waals surface area contributed by atoms with Crippen LogP contribution in [0.2, 0.25) is 5.02 Å². The summed E-state index contributed by atoms with van der Waals surface area (Å²) in [6, 6.07) is 10.9. The number of hydrogen-bond acceptors (Lipinski definition) is 3. The van der Waals surface area contributed by atoms with Gasteiger partial charge in [0.05, 0.1) is 24.4 Å². The predicted molar refractivity (Wildman–Crippen MR) is 101 cm³/mol. The van der Waals surface area contributed by atoms with Gasteiger partial charge in [0.2, 0.25) is 5.91 Å². The molecule has 0 aliphatic heterocycles. The maximum atomic E-state index is 12.0. The van der Waals surface area contributed by atoms with Crippen LogP contribution in [0.15, 0.2) is 46.9 Å². The molecule has 0 heterocycles. The number of amides is 1. The standard InChI is InChI=1S/C18H17BrClNO3/c1-3-24-16-11-12(10-14(20)18(16)23-2)8-9-17(22)21-15-7-5-4-6-13(15)19/h4-11H,3H2,1-2H3,(H,21,22)/b9-8+. The van der Waals surface area contributed by atoms with Crippen LogP contribution in [0.25, 0.3) is 6.08 Å². The molecule has 0 radical (unpaired) electrons. The lowest BCUT2D eigenvalue weighted by molar-refractivity contribution is -0.111. The van der Waals surface area contributed by atoms with Gasteiger partial charge >= 0.3 is 0 Å². The number of benzene rings is 2. The van der Waals surface area contributed by atoms with Gasteiger partial charge in [0.25, 0.3) is 0 Å². The van der Waals surface area contributed by atoms with E-state index in [2.05, 4.69) is 21.2 Å². The highest BCUT2D eigenvalue weighted by atomic mass is 79.9. The van der Waals surface area contributed by atoms with Gasteiger partial charge < -0.3 is 14.8 Å². The van der Waals surface area contributed by atoms with E-state index in [1.807, 2.05) is 31.2 Å². The normalized spacial score (nSPS) is 10.7. The lowest BCUT2D eigenvalue weighted by atomic mass is 10.2. The van der Waals surface area contributed by atoms with E-state index in [9.17, 15) is 4.79 Å². The minimum absolute atomic E-state index is 0.244. The van der Waals surface area contributed by atoms with Crippen molar-refractivity contribution in [2.75, 3.05) is 19.0 Å². The van der Waals surface area contributed by atoms with E-state index in [4.69, 9.17) is 21.1 Å². The Balaban J connectivity index is 2.16. The Kier molecular flexibility index (Phi) is 6.70. The van der Waals surface area contributed by atoms with Crippen LogP contribution in [0.5, 0.6) is 11.5 Å². The maximum absolute atomic E-state index is 12.0. The van der Waals surface area contributed by atoms with Crippen molar-refractivity contribution in [3.05, 3.63) is 57.5 Å². The van der Waals surface area contributed by atoms with Crippen LogP contribution >= 0.6 is 27.5 Å². The van der Waals surface area contributed by atoms with Gasteiger partial charge in [-0.15, -0.1) is 0 Å². The fourth-order valence-electron chi connectivity index (χ4n) is 2.05. The number of anilines is 1. The molecule has 0 aromatic heterocycles. The van der Waals surface area contributed by atoms with Gasteiger partial charge in [-0.2, -0.15) is 0 Å². The van der Waals surface area contributed by atoms with Crippen molar-refractivity contribution >= 4 is 45.2 Å². The quantitative estimate of drug-likeness (QED) is 0.669. The highest BCUT2D eigenvalue weighted by molar-refractivity contribution is 9.10. The molecule has 2 aromatic rings. The van der Waals surface area contributed by atoms with E-state index < -0.39 is 0 Å². The second-order valence-corrected chi connectivity index (χ2v) is 6.03. The summed E-state index contributed by atoms with van der Waals surface area (Å²) in [5.41, 5.74) is 1.45. The molecule has 0 saturated carbocycles. The van der Waals surface area contributed by atoms with E-state index >= 15 is 0 Å². The lowest BCUT2D eigenvalue weighted by Crippen LogP contribution is -2.08. The summed E-state index contributed by atoms with van der Waals surface area (Å²) in [6.45, 7) is 2.36. The van der Waals surface area contributed by atoms with Crippen LogP contribution in [0.4, 0.5) is 5.69 Å². The third-order valence-corrected chi connectivity index (χ3v) is 4.07. The van der Waals surface area contributed by atoms with Gasteiger partial charge in [-0.3, -0.25) is 4.79 Å². The molecule has 0 saturated heterocycles.